The van der Waals surface area contributed by atoms with Gasteiger partial charge in [-0.15, -0.1) is 0 Å². The van der Waals surface area contributed by atoms with Crippen molar-refractivity contribution in [3.8, 4) is 0 Å². The van der Waals surface area contributed by atoms with Crippen LogP contribution in [0.25, 0.3) is 0 Å². The summed E-state index contributed by atoms with van der Waals surface area (Å²) in [5.41, 5.74) is 0. The minimum absolute atomic E-state index is 0.519. The smallest absolute Gasteiger partial charge is 0.100 e. The molecule has 0 spiro atoms. The van der Waals surface area contributed by atoms with Crippen molar-refractivity contribution in [1.29, 1.82) is 0 Å². The van der Waals surface area contributed by atoms with Crippen molar-refractivity contribution in [2.75, 3.05) is 55.1 Å². The predicted molar refractivity (Wildman–Crippen MR) is 52.1 cm³/mol. The van der Waals surface area contributed by atoms with Crippen LogP contribution in [0.1, 0.15) is 0 Å². The molecule has 0 amide bonds. The molecule has 0 aromatic carbocycles. The Morgan fingerprint density at radius 3 is 1.54 bits per heavy atom. The van der Waals surface area contributed by atoms with Gasteiger partial charge in [-0.1, -0.05) is 0 Å². The highest BCUT2D eigenvalue weighted by molar-refractivity contribution is 4.30. The van der Waals surface area contributed by atoms with E-state index in [9.17, 15) is 0 Å². The summed E-state index contributed by atoms with van der Waals surface area (Å²) in [7, 11) is 7.84. The minimum atomic E-state index is 0.519. The third-order valence-corrected chi connectivity index (χ3v) is 1.11. The van der Waals surface area contributed by atoms with Crippen LogP contribution in [0.5, 0.6) is 0 Å². The monoisotopic (exact) mass is 191 g/mol. The number of hydrogen-bond donors (Lipinski definition) is 1. The molecular weight excluding hydrogens is 170 g/mol. The first-order valence-corrected chi connectivity index (χ1v) is 4.28. The van der Waals surface area contributed by atoms with Crippen LogP contribution in [-0.2, 0) is 9.47 Å². The lowest BCUT2D eigenvalue weighted by molar-refractivity contribution is 0.000868. The molecule has 13 heavy (non-hydrogen) atoms. The fourth-order valence-corrected chi connectivity index (χ4v) is 0.642. The van der Waals surface area contributed by atoms with Crippen LogP contribution in [0.2, 0.25) is 0 Å². The first-order valence-electron chi connectivity index (χ1n) is 4.28. The summed E-state index contributed by atoms with van der Waals surface area (Å²) in [5.74, 6) is 0. The van der Waals surface area contributed by atoms with Gasteiger partial charge in [0.15, 0.2) is 0 Å². The van der Waals surface area contributed by atoms with Gasteiger partial charge in [-0.05, 0) is 28.2 Å². The van der Waals surface area contributed by atoms with Crippen molar-refractivity contribution >= 4 is 0 Å². The van der Waals surface area contributed by atoms with Gasteiger partial charge in [0.25, 0.3) is 0 Å². The van der Waals surface area contributed by atoms with E-state index >= 15 is 0 Å². The van der Waals surface area contributed by atoms with Gasteiger partial charge in [-0.25, -0.2) is 0 Å². The van der Waals surface area contributed by atoms with Crippen LogP contribution in [0.15, 0.2) is 0 Å². The molecule has 0 rings (SSSR count). The van der Waals surface area contributed by atoms with Crippen molar-refractivity contribution in [3.05, 3.63) is 0 Å². The molecule has 0 unspecified atom stereocenters. The van der Waals surface area contributed by atoms with Crippen molar-refractivity contribution in [2.45, 2.75) is 0 Å². The molecule has 1 N–H and O–H groups in total. The van der Waals surface area contributed by atoms with Gasteiger partial charge in [0.05, 0.1) is 0 Å². The molecule has 80 valence electrons. The topological polar surface area (TPSA) is 37.0 Å². The Hall–Kier alpha value is -0.200. The maximum Gasteiger partial charge on any atom is 0.100 e. The molecule has 0 heterocycles. The fraction of sp³-hybridized carbons (Fsp3) is 1.00. The summed E-state index contributed by atoms with van der Waals surface area (Å²) >= 11 is 0. The normalized spacial score (nSPS) is 11.5. The highest BCUT2D eigenvalue weighted by Crippen LogP contribution is 1.77. The minimum Gasteiger partial charge on any atom is -0.351 e. The summed E-state index contributed by atoms with van der Waals surface area (Å²) in [6.07, 6.45) is 0. The average Bonchev–Trinajstić information content (AvgIpc) is 2.01. The van der Waals surface area contributed by atoms with Crippen LogP contribution in [0, 0.1) is 0 Å². The largest absolute Gasteiger partial charge is 0.351 e. The molecule has 0 aliphatic heterocycles. The van der Waals surface area contributed by atoms with E-state index in [-0.39, 0.29) is 0 Å². The zero-order valence-electron chi connectivity index (χ0n) is 9.04. The molecule has 0 saturated carbocycles. The lowest BCUT2D eigenvalue weighted by Gasteiger charge is -2.13. The number of nitrogens with one attached hydrogen (secondary N) is 1. The molecule has 5 nitrogen and oxygen atoms in total. The van der Waals surface area contributed by atoms with Gasteiger partial charge < -0.3 is 9.47 Å². The summed E-state index contributed by atoms with van der Waals surface area (Å²) in [4.78, 5) is 3.92. The quantitative estimate of drug-likeness (QED) is 0.416. The van der Waals surface area contributed by atoms with E-state index < -0.39 is 0 Å². The Kier molecular flexibility index (Phi) is 8.27. The summed E-state index contributed by atoms with van der Waals surface area (Å²) in [6, 6.07) is 0. The zero-order valence-corrected chi connectivity index (χ0v) is 9.04. The first kappa shape index (κ1) is 12.8. The van der Waals surface area contributed by atoms with E-state index in [0.29, 0.717) is 26.9 Å². The van der Waals surface area contributed by atoms with Crippen molar-refractivity contribution in [3.63, 3.8) is 0 Å². The van der Waals surface area contributed by atoms with Crippen molar-refractivity contribution in [2.24, 2.45) is 0 Å². The molecule has 0 saturated heterocycles. The summed E-state index contributed by atoms with van der Waals surface area (Å²) in [5, 5.41) is 3.00. The van der Waals surface area contributed by atoms with Crippen molar-refractivity contribution in [1.82, 2.24) is 15.1 Å². The molecule has 0 aromatic rings. The molecule has 0 fully saturated rings. The van der Waals surface area contributed by atoms with E-state index in [1.165, 1.54) is 0 Å². The molecule has 0 aliphatic rings. The van der Waals surface area contributed by atoms with E-state index in [4.69, 9.17) is 9.47 Å². The Morgan fingerprint density at radius 1 is 0.846 bits per heavy atom. The van der Waals surface area contributed by atoms with Crippen molar-refractivity contribution < 1.29 is 9.47 Å². The third-order valence-electron chi connectivity index (χ3n) is 1.11. The second kappa shape index (κ2) is 8.40. The van der Waals surface area contributed by atoms with Gasteiger partial charge in [0, 0.05) is 0 Å². The number of rotatable bonds is 8. The van der Waals surface area contributed by atoms with Crippen LogP contribution >= 0.6 is 0 Å². The Balaban J connectivity index is 2.92. The summed E-state index contributed by atoms with van der Waals surface area (Å²) in [6.45, 7) is 2.29. The second-order valence-corrected chi connectivity index (χ2v) is 3.36. The molecule has 0 aromatic heterocycles. The van der Waals surface area contributed by atoms with E-state index in [1.54, 1.807) is 0 Å². The number of hydrogen-bond acceptors (Lipinski definition) is 5. The highest BCUT2D eigenvalue weighted by atomic mass is 16.5. The Bertz CT molecular complexity index is 97.6. The molecule has 5 heteroatoms. The second-order valence-electron chi connectivity index (χ2n) is 3.36. The molecule has 0 aliphatic carbocycles. The maximum atomic E-state index is 5.22. The molecular formula is C8H21N3O2. The summed E-state index contributed by atoms with van der Waals surface area (Å²) < 4.78 is 10.4. The van der Waals surface area contributed by atoms with Gasteiger partial charge >= 0.3 is 0 Å². The van der Waals surface area contributed by atoms with Crippen LogP contribution < -0.4 is 5.32 Å². The highest BCUT2D eigenvalue weighted by Gasteiger charge is 1.90. The number of ether oxygens (including phenoxy) is 2. The zero-order chi connectivity index (χ0) is 10.1. The van der Waals surface area contributed by atoms with Crippen LogP contribution in [-0.4, -0.2) is 64.9 Å². The first-order chi connectivity index (χ1) is 6.13. The average molecular weight is 191 g/mol. The van der Waals surface area contributed by atoms with Gasteiger partial charge in [0.2, 0.25) is 0 Å². The molecule has 0 atom stereocenters. The van der Waals surface area contributed by atoms with Gasteiger partial charge in [-0.2, -0.15) is 0 Å². The Labute approximate surface area is 80.6 Å². The SMILES string of the molecule is CN(C)COCNCOCN(C)C. The molecule has 0 bridgehead atoms. The van der Waals surface area contributed by atoms with Gasteiger partial charge in [0.1, 0.15) is 26.9 Å². The van der Waals surface area contributed by atoms with E-state index in [0.717, 1.165) is 0 Å². The fourth-order valence-electron chi connectivity index (χ4n) is 0.642. The Morgan fingerprint density at radius 2 is 1.23 bits per heavy atom. The van der Waals surface area contributed by atoms with E-state index in [2.05, 4.69) is 5.32 Å². The maximum absolute atomic E-state index is 5.22. The lowest BCUT2D eigenvalue weighted by Crippen LogP contribution is -2.27. The standard InChI is InChI=1S/C8H21N3O2/c1-10(2)7-12-5-9-6-13-8-11(3)4/h9H,5-8H2,1-4H3. The number of nitrogens with zero attached hydrogens (tertiary/aromatic N) is 2. The van der Waals surface area contributed by atoms with Crippen LogP contribution in [0.4, 0.5) is 0 Å². The third kappa shape index (κ3) is 11.8. The molecule has 0 radical (unpaired) electrons. The van der Waals surface area contributed by atoms with Crippen LogP contribution in [0.3, 0.4) is 0 Å². The van der Waals surface area contributed by atoms with Gasteiger partial charge in [-0.3, -0.25) is 15.1 Å². The predicted octanol–water partition coefficient (Wildman–Crippen LogP) is -0.438. The van der Waals surface area contributed by atoms with E-state index in [1.807, 2.05) is 38.0 Å². The lowest BCUT2D eigenvalue weighted by atomic mass is 10.9.